The molecule has 0 bridgehead atoms. The zero-order valence-electron chi connectivity index (χ0n) is 14.0. The first-order chi connectivity index (χ1) is 11.2. The minimum Gasteiger partial charge on any atom is -0.375 e. The third kappa shape index (κ3) is 5.59. The summed E-state index contributed by atoms with van der Waals surface area (Å²) in [6.45, 7) is 0.648. The number of rotatable bonds is 6. The van der Waals surface area contributed by atoms with Crippen LogP contribution in [0.5, 0.6) is 0 Å². The lowest BCUT2D eigenvalue weighted by Crippen LogP contribution is -2.44. The molecule has 23 heavy (non-hydrogen) atoms. The Morgan fingerprint density at radius 1 is 1.48 bits per heavy atom. The molecule has 2 rings (SSSR count). The minimum absolute atomic E-state index is 0.0604. The predicted molar refractivity (Wildman–Crippen MR) is 101 cm³/mol. The van der Waals surface area contributed by atoms with E-state index in [1.54, 1.807) is 14.2 Å². The van der Waals surface area contributed by atoms with E-state index in [1.165, 1.54) is 19.3 Å². The van der Waals surface area contributed by atoms with Crippen molar-refractivity contribution in [3.8, 4) is 0 Å². The summed E-state index contributed by atoms with van der Waals surface area (Å²) in [5.41, 5.74) is 1.06. The van der Waals surface area contributed by atoms with Crippen LogP contribution in [0.25, 0.3) is 0 Å². The lowest BCUT2D eigenvalue weighted by molar-refractivity contribution is 0.106. The molecular weight excluding hydrogens is 330 g/mol. The molecule has 0 spiro atoms. The highest BCUT2D eigenvalue weighted by atomic mass is 35.5. The van der Waals surface area contributed by atoms with E-state index in [1.807, 2.05) is 36.0 Å². The van der Waals surface area contributed by atoms with Gasteiger partial charge in [0.25, 0.3) is 0 Å². The van der Waals surface area contributed by atoms with Crippen LogP contribution in [0.3, 0.4) is 0 Å². The van der Waals surface area contributed by atoms with Gasteiger partial charge in [-0.1, -0.05) is 23.7 Å². The number of nitrogens with zero attached hydrogens (tertiary/aromatic N) is 1. The van der Waals surface area contributed by atoms with Crippen molar-refractivity contribution in [3.63, 3.8) is 0 Å². The molecule has 0 aliphatic heterocycles. The van der Waals surface area contributed by atoms with Crippen LogP contribution >= 0.6 is 23.4 Å². The standard InChI is InChI=1S/C17H26ClN3OS/c1-19-17(21-14-7-8-15(10-14)23-3)20-11-16(22-2)12-5-4-6-13(18)9-12/h4-6,9,14-16H,7-8,10-11H2,1-3H3,(H2,19,20,21). The normalized spacial score (nSPS) is 22.9. The molecule has 1 aromatic rings. The molecule has 128 valence electrons. The Morgan fingerprint density at radius 2 is 2.30 bits per heavy atom. The van der Waals surface area contributed by atoms with E-state index < -0.39 is 0 Å². The Morgan fingerprint density at radius 3 is 2.91 bits per heavy atom. The molecular formula is C17H26ClN3OS. The van der Waals surface area contributed by atoms with Crippen LogP contribution in [-0.2, 0) is 4.74 Å². The molecule has 0 aromatic heterocycles. The van der Waals surface area contributed by atoms with Gasteiger partial charge in [-0.05, 0) is 43.2 Å². The third-order valence-corrected chi connectivity index (χ3v) is 5.57. The van der Waals surface area contributed by atoms with E-state index in [9.17, 15) is 0 Å². The van der Waals surface area contributed by atoms with Gasteiger partial charge in [0.15, 0.2) is 5.96 Å². The van der Waals surface area contributed by atoms with Crippen LogP contribution in [0.15, 0.2) is 29.3 Å². The Hall–Kier alpha value is -0.910. The molecule has 3 unspecified atom stereocenters. The lowest BCUT2D eigenvalue weighted by atomic mass is 10.1. The fraction of sp³-hybridized carbons (Fsp3) is 0.588. The highest BCUT2D eigenvalue weighted by Gasteiger charge is 2.24. The van der Waals surface area contributed by atoms with Gasteiger partial charge in [-0.2, -0.15) is 11.8 Å². The van der Waals surface area contributed by atoms with E-state index in [4.69, 9.17) is 16.3 Å². The number of aliphatic imine (C=N–C) groups is 1. The number of methoxy groups -OCH3 is 1. The van der Waals surface area contributed by atoms with Crippen molar-refractivity contribution < 1.29 is 4.74 Å². The first-order valence-corrected chi connectivity index (χ1v) is 9.61. The van der Waals surface area contributed by atoms with Gasteiger partial charge >= 0.3 is 0 Å². The molecule has 4 nitrogen and oxygen atoms in total. The molecule has 0 radical (unpaired) electrons. The highest BCUT2D eigenvalue weighted by molar-refractivity contribution is 7.99. The molecule has 3 atom stereocenters. The average Bonchev–Trinajstić information content (AvgIpc) is 3.02. The van der Waals surface area contributed by atoms with Gasteiger partial charge in [-0.3, -0.25) is 4.99 Å². The number of hydrogen-bond acceptors (Lipinski definition) is 3. The number of guanidine groups is 1. The van der Waals surface area contributed by atoms with Crippen LogP contribution in [0.1, 0.15) is 30.9 Å². The van der Waals surface area contributed by atoms with E-state index in [0.717, 1.165) is 21.8 Å². The Bertz CT molecular complexity index is 526. The summed E-state index contributed by atoms with van der Waals surface area (Å²) in [5.74, 6) is 0.834. The van der Waals surface area contributed by atoms with Gasteiger partial charge < -0.3 is 15.4 Å². The second kappa shape index (κ2) is 9.40. The number of hydrogen-bond donors (Lipinski definition) is 2. The second-order valence-corrected chi connectivity index (χ2v) is 7.32. The summed E-state index contributed by atoms with van der Waals surface area (Å²) in [5, 5.41) is 8.37. The summed E-state index contributed by atoms with van der Waals surface area (Å²) in [4.78, 5) is 4.33. The maximum atomic E-state index is 6.06. The van der Waals surface area contributed by atoms with E-state index in [2.05, 4.69) is 21.9 Å². The molecule has 6 heteroatoms. The monoisotopic (exact) mass is 355 g/mol. The Kier molecular flexibility index (Phi) is 7.53. The van der Waals surface area contributed by atoms with Crippen LogP contribution in [0, 0.1) is 0 Å². The largest absolute Gasteiger partial charge is 0.375 e. The molecule has 1 fully saturated rings. The second-order valence-electron chi connectivity index (χ2n) is 5.74. The van der Waals surface area contributed by atoms with Gasteiger partial charge in [0.05, 0.1) is 6.10 Å². The minimum atomic E-state index is -0.0604. The molecule has 0 heterocycles. The van der Waals surface area contributed by atoms with Crippen molar-refractivity contribution in [1.82, 2.24) is 10.6 Å². The fourth-order valence-corrected chi connectivity index (χ4v) is 3.90. The third-order valence-electron chi connectivity index (χ3n) is 4.24. The summed E-state index contributed by atoms with van der Waals surface area (Å²) >= 11 is 8.02. The quantitative estimate of drug-likeness (QED) is 0.605. The molecule has 2 N–H and O–H groups in total. The van der Waals surface area contributed by atoms with Gasteiger partial charge in [0.2, 0.25) is 0 Å². The molecule has 1 aliphatic carbocycles. The van der Waals surface area contributed by atoms with Crippen LogP contribution in [-0.4, -0.2) is 44.2 Å². The first-order valence-electron chi connectivity index (χ1n) is 7.94. The number of ether oxygens (including phenoxy) is 1. The van der Waals surface area contributed by atoms with Gasteiger partial charge in [-0.15, -0.1) is 0 Å². The maximum absolute atomic E-state index is 6.06. The van der Waals surface area contributed by atoms with Crippen molar-refractivity contribution >= 4 is 29.3 Å². The van der Waals surface area contributed by atoms with Crippen LogP contribution in [0.4, 0.5) is 0 Å². The number of halogens is 1. The lowest BCUT2D eigenvalue weighted by Gasteiger charge is -2.21. The Labute approximate surface area is 148 Å². The average molecular weight is 356 g/mol. The summed E-state index contributed by atoms with van der Waals surface area (Å²) in [7, 11) is 3.51. The van der Waals surface area contributed by atoms with Crippen LogP contribution < -0.4 is 10.6 Å². The van der Waals surface area contributed by atoms with Crippen LogP contribution in [0.2, 0.25) is 5.02 Å². The predicted octanol–water partition coefficient (Wildman–Crippen LogP) is 3.48. The summed E-state index contributed by atoms with van der Waals surface area (Å²) in [6.07, 6.45) is 5.81. The van der Waals surface area contributed by atoms with Crippen molar-refractivity contribution in [3.05, 3.63) is 34.9 Å². The number of thioether (sulfide) groups is 1. The zero-order chi connectivity index (χ0) is 16.7. The summed E-state index contributed by atoms with van der Waals surface area (Å²) in [6, 6.07) is 8.28. The highest BCUT2D eigenvalue weighted by Crippen LogP contribution is 2.28. The smallest absolute Gasteiger partial charge is 0.191 e. The van der Waals surface area contributed by atoms with Crippen molar-refractivity contribution in [1.29, 1.82) is 0 Å². The molecule has 0 saturated heterocycles. The molecule has 0 amide bonds. The molecule has 1 aromatic carbocycles. The Balaban J connectivity index is 1.86. The fourth-order valence-electron chi connectivity index (χ4n) is 2.91. The van der Waals surface area contributed by atoms with Gasteiger partial charge in [-0.25, -0.2) is 0 Å². The van der Waals surface area contributed by atoms with E-state index >= 15 is 0 Å². The van der Waals surface area contributed by atoms with Crippen molar-refractivity contribution in [2.24, 2.45) is 4.99 Å². The topological polar surface area (TPSA) is 45.7 Å². The van der Waals surface area contributed by atoms with Gasteiger partial charge in [0, 0.05) is 37.0 Å². The molecule has 1 aliphatic rings. The maximum Gasteiger partial charge on any atom is 0.191 e. The van der Waals surface area contributed by atoms with Crippen molar-refractivity contribution in [2.45, 2.75) is 36.7 Å². The molecule has 1 saturated carbocycles. The van der Waals surface area contributed by atoms with Gasteiger partial charge in [0.1, 0.15) is 0 Å². The van der Waals surface area contributed by atoms with E-state index in [-0.39, 0.29) is 6.10 Å². The van der Waals surface area contributed by atoms with Crippen molar-refractivity contribution in [2.75, 3.05) is 27.0 Å². The zero-order valence-corrected chi connectivity index (χ0v) is 15.6. The first kappa shape index (κ1) is 18.4. The summed E-state index contributed by atoms with van der Waals surface area (Å²) < 4.78 is 5.58. The van der Waals surface area contributed by atoms with E-state index in [0.29, 0.717) is 12.6 Å². The number of nitrogens with one attached hydrogen (secondary N) is 2. The number of benzene rings is 1. The SMILES string of the molecule is CN=C(NCC(OC)c1cccc(Cl)c1)NC1CCC(SC)C1.